The Morgan fingerprint density at radius 1 is 1.36 bits per heavy atom. The van der Waals surface area contributed by atoms with Gasteiger partial charge in [0.15, 0.2) is 0 Å². The quantitative estimate of drug-likeness (QED) is 0.822. The average Bonchev–Trinajstić information content (AvgIpc) is 2.53. The maximum absolute atomic E-state index is 12.8. The number of carbonyl (C=O) groups is 1. The van der Waals surface area contributed by atoms with Crippen molar-refractivity contribution >= 4 is 5.91 Å². The molecule has 1 amide bonds. The highest BCUT2D eigenvalue weighted by molar-refractivity contribution is 5.76. The van der Waals surface area contributed by atoms with Crippen LogP contribution in [0.4, 0.5) is 4.39 Å². The van der Waals surface area contributed by atoms with Crippen LogP contribution in [-0.2, 0) is 4.79 Å². The summed E-state index contributed by atoms with van der Waals surface area (Å²) in [6, 6.07) is 6.12. The lowest BCUT2D eigenvalue weighted by Gasteiger charge is -2.33. The molecule has 122 valence electrons. The monoisotopic (exact) mass is 308 g/mol. The molecule has 2 rings (SSSR count). The van der Waals surface area contributed by atoms with Crippen LogP contribution in [0.25, 0.3) is 0 Å². The van der Waals surface area contributed by atoms with Gasteiger partial charge < -0.3 is 15.4 Å². The minimum Gasteiger partial charge on any atom is -0.494 e. The van der Waals surface area contributed by atoms with E-state index in [9.17, 15) is 9.18 Å². The molecular formula is C17H25FN2O2. The maximum atomic E-state index is 12.8. The largest absolute Gasteiger partial charge is 0.494 e. The molecule has 0 spiro atoms. The maximum Gasteiger partial charge on any atom is 0.222 e. The first-order valence-electron chi connectivity index (χ1n) is 7.98. The van der Waals surface area contributed by atoms with Gasteiger partial charge in [-0.3, -0.25) is 4.79 Å². The Bertz CT molecular complexity index is 468. The Balaban J connectivity index is 1.63. The van der Waals surface area contributed by atoms with Gasteiger partial charge in [0.25, 0.3) is 0 Å². The van der Waals surface area contributed by atoms with Crippen LogP contribution in [0.1, 0.15) is 32.6 Å². The number of carbonyl (C=O) groups excluding carboxylic acids is 1. The van der Waals surface area contributed by atoms with Gasteiger partial charge in [0.05, 0.1) is 6.61 Å². The number of halogens is 1. The van der Waals surface area contributed by atoms with Crippen molar-refractivity contribution in [2.24, 2.45) is 11.7 Å². The molecule has 5 heteroatoms. The second-order valence-corrected chi connectivity index (χ2v) is 5.98. The number of amides is 1. The van der Waals surface area contributed by atoms with Crippen molar-refractivity contribution in [3.8, 4) is 5.75 Å². The van der Waals surface area contributed by atoms with Crippen molar-refractivity contribution in [1.82, 2.24) is 4.90 Å². The van der Waals surface area contributed by atoms with Gasteiger partial charge in [-0.25, -0.2) is 4.39 Å². The second-order valence-electron chi connectivity index (χ2n) is 5.98. The van der Waals surface area contributed by atoms with Crippen molar-refractivity contribution in [3.05, 3.63) is 30.1 Å². The lowest BCUT2D eigenvalue weighted by atomic mass is 9.91. The summed E-state index contributed by atoms with van der Waals surface area (Å²) in [6.45, 7) is 4.12. The van der Waals surface area contributed by atoms with E-state index in [0.717, 1.165) is 25.9 Å². The summed E-state index contributed by atoms with van der Waals surface area (Å²) in [5.41, 5.74) is 5.91. The fourth-order valence-corrected chi connectivity index (χ4v) is 2.78. The summed E-state index contributed by atoms with van der Waals surface area (Å²) in [7, 11) is 0. The van der Waals surface area contributed by atoms with Gasteiger partial charge in [0, 0.05) is 25.6 Å². The smallest absolute Gasteiger partial charge is 0.222 e. The number of piperidine rings is 1. The fourth-order valence-electron chi connectivity index (χ4n) is 2.78. The zero-order valence-corrected chi connectivity index (χ0v) is 13.1. The molecule has 1 saturated heterocycles. The van der Waals surface area contributed by atoms with E-state index >= 15 is 0 Å². The number of benzene rings is 1. The molecule has 0 aromatic heterocycles. The molecule has 1 aromatic rings. The highest BCUT2D eigenvalue weighted by Gasteiger charge is 2.24. The number of hydrogen-bond acceptors (Lipinski definition) is 3. The van der Waals surface area contributed by atoms with Crippen LogP contribution >= 0.6 is 0 Å². The number of nitrogens with two attached hydrogens (primary N) is 1. The minimum absolute atomic E-state index is 0.186. The van der Waals surface area contributed by atoms with Crippen molar-refractivity contribution in [2.75, 3.05) is 19.7 Å². The molecule has 1 aliphatic rings. The predicted octanol–water partition coefficient (Wildman–Crippen LogP) is 2.57. The van der Waals surface area contributed by atoms with E-state index in [1.165, 1.54) is 12.1 Å². The lowest BCUT2D eigenvalue weighted by Crippen LogP contribution is -2.42. The topological polar surface area (TPSA) is 55.6 Å². The zero-order valence-electron chi connectivity index (χ0n) is 13.1. The van der Waals surface area contributed by atoms with E-state index in [0.29, 0.717) is 31.1 Å². The summed E-state index contributed by atoms with van der Waals surface area (Å²) in [4.78, 5) is 14.0. The first-order chi connectivity index (χ1) is 10.6. The van der Waals surface area contributed by atoms with Crippen molar-refractivity contribution < 1.29 is 13.9 Å². The molecule has 1 atom stereocenters. The molecular weight excluding hydrogens is 283 g/mol. The first kappa shape index (κ1) is 16.7. The summed E-state index contributed by atoms with van der Waals surface area (Å²) < 4.78 is 18.2. The van der Waals surface area contributed by atoms with Crippen LogP contribution in [0.15, 0.2) is 24.3 Å². The molecule has 1 aliphatic heterocycles. The highest BCUT2D eigenvalue weighted by atomic mass is 19.1. The van der Waals surface area contributed by atoms with Crippen LogP contribution in [0.5, 0.6) is 5.75 Å². The second kappa shape index (κ2) is 8.13. The zero-order chi connectivity index (χ0) is 15.9. The average molecular weight is 308 g/mol. The molecule has 0 bridgehead atoms. The number of ether oxygens (including phenoxy) is 1. The van der Waals surface area contributed by atoms with E-state index in [4.69, 9.17) is 10.5 Å². The van der Waals surface area contributed by atoms with E-state index in [2.05, 4.69) is 0 Å². The van der Waals surface area contributed by atoms with Crippen molar-refractivity contribution in [2.45, 2.75) is 38.6 Å². The third kappa shape index (κ3) is 4.98. The van der Waals surface area contributed by atoms with Gasteiger partial charge in [-0.05, 0) is 56.4 Å². The fraction of sp³-hybridized carbons (Fsp3) is 0.588. The van der Waals surface area contributed by atoms with Gasteiger partial charge in [0.2, 0.25) is 5.91 Å². The minimum atomic E-state index is -0.280. The van der Waals surface area contributed by atoms with Crippen LogP contribution in [0, 0.1) is 11.7 Å². The molecule has 22 heavy (non-hydrogen) atoms. The van der Waals surface area contributed by atoms with Gasteiger partial charge in [-0.1, -0.05) is 0 Å². The lowest BCUT2D eigenvalue weighted by molar-refractivity contribution is -0.132. The standard InChI is InChI=1S/C17H25FN2O2/c1-13(19)14-8-10-20(11-9-14)17(21)3-2-12-22-16-6-4-15(18)5-7-16/h4-7,13-14H,2-3,8-12,19H2,1H3. The third-order valence-corrected chi connectivity index (χ3v) is 4.25. The van der Waals surface area contributed by atoms with Gasteiger partial charge >= 0.3 is 0 Å². The first-order valence-corrected chi connectivity index (χ1v) is 7.98. The van der Waals surface area contributed by atoms with Crippen molar-refractivity contribution in [3.63, 3.8) is 0 Å². The molecule has 0 saturated carbocycles. The molecule has 4 nitrogen and oxygen atoms in total. The van der Waals surface area contributed by atoms with Gasteiger partial charge in [-0.2, -0.15) is 0 Å². The Kier molecular flexibility index (Phi) is 6.19. The van der Waals surface area contributed by atoms with Crippen LogP contribution in [0.3, 0.4) is 0 Å². The Labute approximate surface area is 131 Å². The van der Waals surface area contributed by atoms with E-state index in [1.807, 2.05) is 11.8 Å². The third-order valence-electron chi connectivity index (χ3n) is 4.25. The van der Waals surface area contributed by atoms with Crippen LogP contribution in [-0.4, -0.2) is 36.5 Å². The van der Waals surface area contributed by atoms with Crippen LogP contribution < -0.4 is 10.5 Å². The number of nitrogens with zero attached hydrogens (tertiary/aromatic N) is 1. The normalized spacial score (nSPS) is 17.3. The molecule has 0 aliphatic carbocycles. The van der Waals surface area contributed by atoms with Crippen molar-refractivity contribution in [1.29, 1.82) is 0 Å². The van der Waals surface area contributed by atoms with Gasteiger partial charge in [0.1, 0.15) is 11.6 Å². The summed E-state index contributed by atoms with van der Waals surface area (Å²) in [5, 5.41) is 0. The molecule has 0 radical (unpaired) electrons. The summed E-state index contributed by atoms with van der Waals surface area (Å²) >= 11 is 0. The number of likely N-dealkylation sites (tertiary alicyclic amines) is 1. The highest BCUT2D eigenvalue weighted by Crippen LogP contribution is 2.20. The van der Waals surface area contributed by atoms with Gasteiger partial charge in [-0.15, -0.1) is 0 Å². The number of hydrogen-bond donors (Lipinski definition) is 1. The molecule has 2 N–H and O–H groups in total. The van der Waals surface area contributed by atoms with E-state index in [-0.39, 0.29) is 17.8 Å². The van der Waals surface area contributed by atoms with E-state index in [1.54, 1.807) is 12.1 Å². The summed E-state index contributed by atoms with van der Waals surface area (Å²) in [6.07, 6.45) is 3.15. The Hall–Kier alpha value is -1.62. The molecule has 1 unspecified atom stereocenters. The Morgan fingerprint density at radius 3 is 2.59 bits per heavy atom. The van der Waals surface area contributed by atoms with E-state index < -0.39 is 0 Å². The predicted molar refractivity (Wildman–Crippen MR) is 84.1 cm³/mol. The number of rotatable bonds is 6. The Morgan fingerprint density at radius 2 is 2.00 bits per heavy atom. The molecule has 1 heterocycles. The molecule has 1 fully saturated rings. The van der Waals surface area contributed by atoms with Crippen LogP contribution in [0.2, 0.25) is 0 Å². The SMILES string of the molecule is CC(N)C1CCN(C(=O)CCCOc2ccc(F)cc2)CC1. The summed E-state index contributed by atoms with van der Waals surface area (Å²) in [5.74, 6) is 1.07. The molecule has 1 aromatic carbocycles.